The number of carbonyl (C=O) groups is 1. The van der Waals surface area contributed by atoms with E-state index >= 15 is 0 Å². The van der Waals surface area contributed by atoms with Crippen molar-refractivity contribution in [3.63, 3.8) is 0 Å². The molecule has 130 valence electrons. The van der Waals surface area contributed by atoms with Gasteiger partial charge in [0.2, 0.25) is 0 Å². The molecule has 2 bridgehead atoms. The lowest BCUT2D eigenvalue weighted by Crippen LogP contribution is -2.59. The molecule has 23 heavy (non-hydrogen) atoms. The van der Waals surface area contributed by atoms with Crippen LogP contribution in [0.2, 0.25) is 0 Å². The van der Waals surface area contributed by atoms with Crippen molar-refractivity contribution in [2.24, 2.45) is 34.0 Å². The lowest BCUT2D eigenvalue weighted by Gasteiger charge is -2.62. The van der Waals surface area contributed by atoms with Crippen molar-refractivity contribution < 1.29 is 15.0 Å². The van der Waals surface area contributed by atoms with Crippen LogP contribution in [0.1, 0.15) is 72.1 Å². The molecule has 0 saturated heterocycles. The number of ketones is 1. The molecule has 3 nitrogen and oxygen atoms in total. The van der Waals surface area contributed by atoms with Gasteiger partial charge < -0.3 is 10.2 Å². The minimum absolute atomic E-state index is 0.115. The van der Waals surface area contributed by atoms with Gasteiger partial charge in [-0.2, -0.15) is 0 Å². The van der Waals surface area contributed by atoms with E-state index in [1.54, 1.807) is 0 Å². The van der Waals surface area contributed by atoms with Crippen molar-refractivity contribution in [3.8, 4) is 0 Å². The standard InChI is InChI=1S/C20H32O3/c1-17(2)7-4-8-18(3)14-6-5-13-10-19(14,11-20(13,23)12-21)16(22)9-15(17)18/h13-15,21,23H,4-12H2,1-3H3. The molecule has 3 heteroatoms. The highest BCUT2D eigenvalue weighted by Crippen LogP contribution is 2.71. The fourth-order valence-electron chi connectivity index (χ4n) is 7.71. The number of aliphatic hydroxyl groups excluding tert-OH is 1. The van der Waals surface area contributed by atoms with Crippen LogP contribution in [0.25, 0.3) is 0 Å². The number of hydrogen-bond donors (Lipinski definition) is 2. The van der Waals surface area contributed by atoms with Crippen LogP contribution in [0, 0.1) is 34.0 Å². The Morgan fingerprint density at radius 2 is 1.87 bits per heavy atom. The predicted molar refractivity (Wildman–Crippen MR) is 88.8 cm³/mol. The molecule has 6 unspecified atom stereocenters. The molecule has 4 fully saturated rings. The van der Waals surface area contributed by atoms with Crippen LogP contribution in [-0.2, 0) is 4.79 Å². The van der Waals surface area contributed by atoms with E-state index in [2.05, 4.69) is 20.8 Å². The topological polar surface area (TPSA) is 57.5 Å². The van der Waals surface area contributed by atoms with Gasteiger partial charge in [0.05, 0.1) is 12.2 Å². The summed E-state index contributed by atoms with van der Waals surface area (Å²) < 4.78 is 0. The third kappa shape index (κ3) is 1.87. The highest BCUT2D eigenvalue weighted by Gasteiger charge is 2.70. The second kappa shape index (κ2) is 4.60. The van der Waals surface area contributed by atoms with Crippen LogP contribution in [0.5, 0.6) is 0 Å². The first-order valence-corrected chi connectivity index (χ1v) is 9.55. The zero-order valence-corrected chi connectivity index (χ0v) is 14.9. The zero-order chi connectivity index (χ0) is 16.7. The maximum atomic E-state index is 13.3. The Kier molecular flexibility index (Phi) is 3.22. The molecular weight excluding hydrogens is 288 g/mol. The van der Waals surface area contributed by atoms with E-state index in [4.69, 9.17) is 0 Å². The summed E-state index contributed by atoms with van der Waals surface area (Å²) in [7, 11) is 0. The fraction of sp³-hybridized carbons (Fsp3) is 0.950. The second-order valence-electron chi connectivity index (χ2n) is 10.2. The van der Waals surface area contributed by atoms with Gasteiger partial charge >= 0.3 is 0 Å². The first kappa shape index (κ1) is 16.1. The van der Waals surface area contributed by atoms with E-state index in [0.29, 0.717) is 30.5 Å². The summed E-state index contributed by atoms with van der Waals surface area (Å²) in [5.74, 6) is 1.39. The van der Waals surface area contributed by atoms with Crippen LogP contribution in [0.4, 0.5) is 0 Å². The Labute approximate surface area is 139 Å². The third-order valence-corrected chi connectivity index (χ3v) is 8.75. The molecule has 0 aromatic rings. The minimum atomic E-state index is -1.02. The number of rotatable bonds is 1. The predicted octanol–water partition coefficient (Wildman–Crippen LogP) is 3.32. The molecule has 0 amide bonds. The van der Waals surface area contributed by atoms with E-state index in [9.17, 15) is 15.0 Å². The van der Waals surface area contributed by atoms with Gasteiger partial charge in [0, 0.05) is 11.8 Å². The average molecular weight is 320 g/mol. The van der Waals surface area contributed by atoms with Crippen LogP contribution in [-0.4, -0.2) is 28.2 Å². The fourth-order valence-corrected chi connectivity index (χ4v) is 7.71. The second-order valence-corrected chi connectivity index (χ2v) is 10.2. The van der Waals surface area contributed by atoms with Gasteiger partial charge in [-0.3, -0.25) is 4.79 Å². The highest BCUT2D eigenvalue weighted by molar-refractivity contribution is 5.87. The Balaban J connectivity index is 1.78. The van der Waals surface area contributed by atoms with E-state index in [-0.39, 0.29) is 28.8 Å². The average Bonchev–Trinajstić information content (AvgIpc) is 2.71. The molecule has 4 aliphatic carbocycles. The van der Waals surface area contributed by atoms with Gasteiger partial charge in [0.1, 0.15) is 5.78 Å². The Morgan fingerprint density at radius 1 is 1.13 bits per heavy atom. The maximum absolute atomic E-state index is 13.3. The quantitative estimate of drug-likeness (QED) is 0.779. The summed E-state index contributed by atoms with van der Waals surface area (Å²) in [5.41, 5.74) is -0.898. The van der Waals surface area contributed by atoms with Gasteiger partial charge in [-0.25, -0.2) is 0 Å². The number of aliphatic hydroxyl groups is 2. The molecule has 0 heterocycles. The molecule has 0 aromatic heterocycles. The number of Topliss-reactive ketones (excluding diaryl/α,β-unsaturated/α-hetero) is 1. The van der Waals surface area contributed by atoms with Crippen molar-refractivity contribution in [2.75, 3.05) is 6.61 Å². The van der Waals surface area contributed by atoms with Gasteiger partial charge in [0.25, 0.3) is 0 Å². The summed E-state index contributed by atoms with van der Waals surface area (Å²) in [6.07, 6.45) is 7.75. The van der Waals surface area contributed by atoms with Crippen LogP contribution >= 0.6 is 0 Å². The number of carbonyl (C=O) groups excluding carboxylic acids is 1. The smallest absolute Gasteiger partial charge is 0.139 e. The summed E-state index contributed by atoms with van der Waals surface area (Å²) >= 11 is 0. The van der Waals surface area contributed by atoms with Gasteiger partial charge in [0.15, 0.2) is 0 Å². The van der Waals surface area contributed by atoms with E-state index in [1.165, 1.54) is 19.3 Å². The van der Waals surface area contributed by atoms with Crippen molar-refractivity contribution >= 4 is 5.78 Å². The zero-order valence-electron chi connectivity index (χ0n) is 14.9. The molecule has 4 saturated carbocycles. The third-order valence-electron chi connectivity index (χ3n) is 8.75. The molecular formula is C20H32O3. The normalized spacial score (nSPS) is 54.5. The maximum Gasteiger partial charge on any atom is 0.139 e. The van der Waals surface area contributed by atoms with E-state index in [0.717, 1.165) is 19.3 Å². The molecule has 0 radical (unpaired) electrons. The van der Waals surface area contributed by atoms with Gasteiger partial charge in [-0.15, -0.1) is 0 Å². The van der Waals surface area contributed by atoms with Crippen LogP contribution in [0.3, 0.4) is 0 Å². The van der Waals surface area contributed by atoms with E-state index < -0.39 is 5.60 Å². The Bertz CT molecular complexity index is 541. The van der Waals surface area contributed by atoms with Gasteiger partial charge in [-0.05, 0) is 67.1 Å². The molecule has 2 N–H and O–H groups in total. The number of fused-ring (bicyclic) bond motifs is 3. The van der Waals surface area contributed by atoms with E-state index in [1.807, 2.05) is 0 Å². The van der Waals surface area contributed by atoms with Crippen molar-refractivity contribution in [1.29, 1.82) is 0 Å². The number of hydrogen-bond acceptors (Lipinski definition) is 3. The molecule has 6 atom stereocenters. The summed E-state index contributed by atoms with van der Waals surface area (Å²) in [5, 5.41) is 20.7. The lowest BCUT2D eigenvalue weighted by molar-refractivity contribution is -0.170. The Morgan fingerprint density at radius 3 is 2.57 bits per heavy atom. The van der Waals surface area contributed by atoms with Crippen molar-refractivity contribution in [1.82, 2.24) is 0 Å². The lowest BCUT2D eigenvalue weighted by atomic mass is 9.41. The minimum Gasteiger partial charge on any atom is -0.393 e. The largest absolute Gasteiger partial charge is 0.393 e. The highest BCUT2D eigenvalue weighted by atomic mass is 16.3. The molecule has 4 aliphatic rings. The molecule has 0 aromatic carbocycles. The van der Waals surface area contributed by atoms with Crippen LogP contribution < -0.4 is 0 Å². The summed E-state index contributed by atoms with van der Waals surface area (Å²) in [6.45, 7) is 6.95. The van der Waals surface area contributed by atoms with Crippen LogP contribution in [0.15, 0.2) is 0 Å². The SMILES string of the molecule is CC1(C)CCCC2(C)C1CC(=O)C13CC(CCC12)C(O)(CO)C3. The molecule has 4 rings (SSSR count). The summed E-state index contributed by atoms with van der Waals surface area (Å²) in [4.78, 5) is 13.3. The summed E-state index contributed by atoms with van der Waals surface area (Å²) in [6, 6.07) is 0. The van der Waals surface area contributed by atoms with Gasteiger partial charge in [-0.1, -0.05) is 27.2 Å². The van der Waals surface area contributed by atoms with Crippen molar-refractivity contribution in [2.45, 2.75) is 77.7 Å². The first-order chi connectivity index (χ1) is 10.7. The molecule has 0 aliphatic heterocycles. The monoisotopic (exact) mass is 320 g/mol. The first-order valence-electron chi connectivity index (χ1n) is 9.55. The Hall–Kier alpha value is -0.410. The molecule has 1 spiro atoms. The van der Waals surface area contributed by atoms with Crippen molar-refractivity contribution in [3.05, 3.63) is 0 Å².